The van der Waals surface area contributed by atoms with Crippen molar-refractivity contribution in [2.24, 2.45) is 0 Å². The Morgan fingerprint density at radius 1 is 1.21 bits per heavy atom. The van der Waals surface area contributed by atoms with Gasteiger partial charge in [-0.15, -0.1) is 0 Å². The first kappa shape index (κ1) is 18.7. The van der Waals surface area contributed by atoms with E-state index in [0.717, 1.165) is 45.6 Å². The molecule has 0 saturated carbocycles. The molecule has 0 radical (unpaired) electrons. The normalized spacial score (nSPS) is 17.9. The fraction of sp³-hybridized carbons (Fsp3) is 0.381. The van der Waals surface area contributed by atoms with E-state index in [1.54, 1.807) is 0 Å². The van der Waals surface area contributed by atoms with E-state index in [-0.39, 0.29) is 12.7 Å². The van der Waals surface area contributed by atoms with Gasteiger partial charge in [-0.2, -0.15) is 5.10 Å². The van der Waals surface area contributed by atoms with Gasteiger partial charge < -0.3 is 19.3 Å². The number of rotatable bonds is 2. The van der Waals surface area contributed by atoms with Crippen LogP contribution in [0.5, 0.6) is 11.5 Å². The van der Waals surface area contributed by atoms with Gasteiger partial charge in [0.2, 0.25) is 6.41 Å². The summed E-state index contributed by atoms with van der Waals surface area (Å²) in [7, 11) is 0. The molecule has 1 unspecified atom stereocenters. The number of aromatic amines is 1. The summed E-state index contributed by atoms with van der Waals surface area (Å²) >= 11 is 0. The van der Waals surface area contributed by atoms with Gasteiger partial charge in [-0.3, -0.25) is 10.4 Å². The molecule has 4 rings (SSSR count). The van der Waals surface area contributed by atoms with E-state index in [0.29, 0.717) is 13.2 Å². The van der Waals surface area contributed by atoms with Crippen molar-refractivity contribution in [1.82, 2.24) is 15.5 Å². The second-order valence-corrected chi connectivity index (χ2v) is 7.13. The Hall–Kier alpha value is -2.61. The van der Waals surface area contributed by atoms with Crippen LogP contribution < -0.4 is 14.8 Å². The molecule has 1 atom stereocenters. The third-order valence-electron chi connectivity index (χ3n) is 4.46. The Labute approximate surface area is 163 Å². The van der Waals surface area contributed by atoms with E-state index in [9.17, 15) is 5.11 Å². The monoisotopic (exact) mass is 383 g/mol. The van der Waals surface area contributed by atoms with Crippen LogP contribution >= 0.6 is 0 Å². The fourth-order valence-corrected chi connectivity index (χ4v) is 3.25. The molecule has 1 aliphatic heterocycles. The van der Waals surface area contributed by atoms with E-state index in [1.165, 1.54) is 0 Å². The van der Waals surface area contributed by atoms with Gasteiger partial charge in [0.15, 0.2) is 0 Å². The Morgan fingerprint density at radius 3 is 2.96 bits per heavy atom. The number of aliphatic hydroxyl groups is 1. The number of hydrogen-bond donors (Lipinski definition) is 3. The molecule has 0 fully saturated rings. The summed E-state index contributed by atoms with van der Waals surface area (Å²) in [6, 6.07) is 11.8. The predicted molar refractivity (Wildman–Crippen MR) is 106 cm³/mol. The lowest BCUT2D eigenvalue weighted by Crippen LogP contribution is -2.32. The van der Waals surface area contributed by atoms with Crippen molar-refractivity contribution in [2.75, 3.05) is 13.2 Å². The van der Waals surface area contributed by atoms with Crippen LogP contribution in [-0.4, -0.2) is 41.0 Å². The molecule has 0 spiro atoms. The summed E-state index contributed by atoms with van der Waals surface area (Å²) in [5.41, 5.74) is 3.58. The molecule has 0 aliphatic carbocycles. The van der Waals surface area contributed by atoms with Crippen molar-refractivity contribution < 1.29 is 19.3 Å². The lowest BCUT2D eigenvalue weighted by atomic mass is 10.0. The second kappa shape index (κ2) is 8.18. The Balaban J connectivity index is 1.80. The number of aromatic nitrogens is 2. The average Bonchev–Trinajstić information content (AvgIpc) is 3.08. The van der Waals surface area contributed by atoms with Gasteiger partial charge in [-0.05, 0) is 62.2 Å². The predicted octanol–water partition coefficient (Wildman–Crippen LogP) is 3.18. The van der Waals surface area contributed by atoms with E-state index in [1.807, 2.05) is 50.2 Å². The highest BCUT2D eigenvalue weighted by molar-refractivity contribution is 5.94. The Morgan fingerprint density at radius 2 is 2.11 bits per heavy atom. The second-order valence-electron chi connectivity index (χ2n) is 7.13. The van der Waals surface area contributed by atoms with Crippen LogP contribution in [0.2, 0.25) is 0 Å². The summed E-state index contributed by atoms with van der Waals surface area (Å²) in [4.78, 5) is 0. The summed E-state index contributed by atoms with van der Waals surface area (Å²) in [5, 5.41) is 21.5. The van der Waals surface area contributed by atoms with E-state index >= 15 is 0 Å². The molecule has 1 aliphatic rings. The molecule has 0 amide bonds. The van der Waals surface area contributed by atoms with Crippen LogP contribution in [0.1, 0.15) is 25.8 Å². The average molecular weight is 383 g/mol. The molecule has 7 nitrogen and oxygen atoms in total. The minimum atomic E-state index is -1.04. The van der Waals surface area contributed by atoms with Crippen LogP contribution in [0.4, 0.5) is 0 Å². The maximum atomic E-state index is 10.0. The largest absolute Gasteiger partial charge is 0.494 e. The zero-order valence-electron chi connectivity index (χ0n) is 16.1. The molecule has 0 saturated heterocycles. The number of ether oxygens (including phenoxy) is 3. The molecule has 2 aromatic carbocycles. The quantitative estimate of drug-likeness (QED) is 0.630. The third-order valence-corrected chi connectivity index (χ3v) is 4.46. The van der Waals surface area contributed by atoms with E-state index < -0.39 is 6.41 Å². The zero-order chi connectivity index (χ0) is 19.5. The van der Waals surface area contributed by atoms with Gasteiger partial charge >= 0.3 is 0 Å². The highest BCUT2D eigenvalue weighted by Gasteiger charge is 2.14. The molecule has 28 heavy (non-hydrogen) atoms. The lowest BCUT2D eigenvalue weighted by Gasteiger charge is -2.16. The van der Waals surface area contributed by atoms with Gasteiger partial charge in [0.05, 0.1) is 24.8 Å². The number of H-pyrrole nitrogens is 1. The van der Waals surface area contributed by atoms with E-state index in [2.05, 4.69) is 15.5 Å². The number of hydrogen-bond acceptors (Lipinski definition) is 6. The van der Waals surface area contributed by atoms with Crippen molar-refractivity contribution >= 4 is 10.9 Å². The molecule has 7 heteroatoms. The van der Waals surface area contributed by atoms with E-state index in [4.69, 9.17) is 14.2 Å². The minimum absolute atomic E-state index is 0.0429. The molecule has 2 heterocycles. The first-order chi connectivity index (χ1) is 13.6. The molecule has 1 aromatic heterocycles. The number of nitrogens with one attached hydrogen (secondary N) is 2. The number of benzene rings is 2. The summed E-state index contributed by atoms with van der Waals surface area (Å²) < 4.78 is 17.3. The van der Waals surface area contributed by atoms with Crippen molar-refractivity contribution in [2.45, 2.75) is 39.4 Å². The topological polar surface area (TPSA) is 88.6 Å². The SMILES string of the molecule is CC(C)Oc1cc2cc(c1)-c1n[nH]c3ccc(cc13)OCCCNC(O)OC2. The number of aliphatic hydroxyl groups excluding tert-OH is 1. The molecular weight excluding hydrogens is 358 g/mol. The lowest BCUT2D eigenvalue weighted by molar-refractivity contribution is -0.128. The smallest absolute Gasteiger partial charge is 0.213 e. The van der Waals surface area contributed by atoms with Gasteiger partial charge in [0.1, 0.15) is 17.2 Å². The van der Waals surface area contributed by atoms with Gasteiger partial charge in [-0.1, -0.05) is 0 Å². The van der Waals surface area contributed by atoms with Crippen LogP contribution in [0, 0.1) is 0 Å². The number of fused-ring (bicyclic) bond motifs is 4. The van der Waals surface area contributed by atoms with Gasteiger partial charge in [-0.25, -0.2) is 0 Å². The molecular formula is C21H25N3O4. The summed E-state index contributed by atoms with van der Waals surface area (Å²) in [5.74, 6) is 1.53. The highest BCUT2D eigenvalue weighted by atomic mass is 16.6. The summed E-state index contributed by atoms with van der Waals surface area (Å²) in [6.07, 6.45) is -0.251. The maximum absolute atomic E-state index is 10.0. The van der Waals surface area contributed by atoms with Crippen LogP contribution in [0.25, 0.3) is 22.2 Å². The molecule has 4 bridgehead atoms. The maximum Gasteiger partial charge on any atom is 0.213 e. The summed E-state index contributed by atoms with van der Waals surface area (Å²) in [6.45, 7) is 5.35. The molecule has 3 N–H and O–H groups in total. The van der Waals surface area contributed by atoms with Gasteiger partial charge in [0, 0.05) is 17.5 Å². The molecule has 148 valence electrons. The van der Waals surface area contributed by atoms with Crippen molar-refractivity contribution in [3.05, 3.63) is 42.0 Å². The van der Waals surface area contributed by atoms with Crippen molar-refractivity contribution in [3.8, 4) is 22.8 Å². The van der Waals surface area contributed by atoms with Gasteiger partial charge in [0.25, 0.3) is 0 Å². The molecule has 3 aromatic rings. The fourth-order valence-electron chi connectivity index (χ4n) is 3.25. The van der Waals surface area contributed by atoms with Crippen molar-refractivity contribution in [1.29, 1.82) is 0 Å². The zero-order valence-corrected chi connectivity index (χ0v) is 16.1. The van der Waals surface area contributed by atoms with Crippen molar-refractivity contribution in [3.63, 3.8) is 0 Å². The highest BCUT2D eigenvalue weighted by Crippen LogP contribution is 2.32. The van der Waals surface area contributed by atoms with Crippen LogP contribution in [0.3, 0.4) is 0 Å². The first-order valence-corrected chi connectivity index (χ1v) is 9.53. The van der Waals surface area contributed by atoms with Crippen LogP contribution in [0.15, 0.2) is 36.4 Å². The first-order valence-electron chi connectivity index (χ1n) is 9.53. The minimum Gasteiger partial charge on any atom is -0.494 e. The standard InChI is InChI=1S/C21H25N3O4/c1-13(2)28-17-9-14-8-15(10-17)20-18-11-16(4-5-19(18)23-24-20)26-7-3-6-22-21(25)27-12-14/h4-5,8-11,13,21-22,25H,3,6-7,12H2,1-2H3,(H,23,24). The Bertz CT molecular complexity index is 954. The Kier molecular flexibility index (Phi) is 5.47. The third kappa shape index (κ3) is 4.27. The van der Waals surface area contributed by atoms with Crippen LogP contribution in [-0.2, 0) is 11.3 Å². The number of nitrogens with zero attached hydrogens (tertiary/aromatic N) is 1.